The van der Waals surface area contributed by atoms with Crippen LogP contribution in [0.3, 0.4) is 0 Å². The van der Waals surface area contributed by atoms with Gasteiger partial charge in [-0.2, -0.15) is 0 Å². The summed E-state index contributed by atoms with van der Waals surface area (Å²) in [6.45, 7) is 10.2. The summed E-state index contributed by atoms with van der Waals surface area (Å²) in [6.07, 6.45) is 5.79. The third-order valence-electron chi connectivity index (χ3n) is 1.41. The summed E-state index contributed by atoms with van der Waals surface area (Å²) < 4.78 is 4.67. The number of carbonyl (C=O) groups excluding carboxylic acids is 1. The van der Waals surface area contributed by atoms with Gasteiger partial charge < -0.3 is 4.74 Å². The first kappa shape index (κ1) is 14.7. The Morgan fingerprint density at radius 3 is 2.08 bits per heavy atom. The fraction of sp³-hybridized carbons (Fsp3) is 0.727. The van der Waals surface area contributed by atoms with Gasteiger partial charge in [0.15, 0.2) is 0 Å². The topological polar surface area (TPSA) is 26.3 Å². The summed E-state index contributed by atoms with van der Waals surface area (Å²) in [7, 11) is 0. The van der Waals surface area contributed by atoms with E-state index in [-0.39, 0.29) is 5.97 Å². The van der Waals surface area contributed by atoms with Gasteiger partial charge in [-0.25, -0.2) is 4.79 Å². The van der Waals surface area contributed by atoms with E-state index in [2.05, 4.69) is 25.2 Å². The van der Waals surface area contributed by atoms with Crippen LogP contribution in [0.2, 0.25) is 0 Å². The van der Waals surface area contributed by atoms with Crippen LogP contribution in [-0.2, 0) is 9.53 Å². The third kappa shape index (κ3) is 18.3. The molecule has 0 aliphatic rings. The van der Waals surface area contributed by atoms with Crippen molar-refractivity contribution in [2.75, 3.05) is 6.61 Å². The van der Waals surface area contributed by atoms with Gasteiger partial charge in [-0.15, -0.1) is 0 Å². The molecule has 0 bridgehead atoms. The number of esters is 1. The SMILES string of the molecule is C=CC(=O)OCCCC.CCCC. The first-order chi connectivity index (χ1) is 6.22. The van der Waals surface area contributed by atoms with Crippen LogP contribution >= 0.6 is 0 Å². The molecule has 0 saturated heterocycles. The summed E-state index contributed by atoms with van der Waals surface area (Å²) >= 11 is 0. The summed E-state index contributed by atoms with van der Waals surface area (Å²) in [5, 5.41) is 0. The predicted molar refractivity (Wildman–Crippen MR) is 56.6 cm³/mol. The summed E-state index contributed by atoms with van der Waals surface area (Å²) in [6, 6.07) is 0. The molecule has 0 unspecified atom stereocenters. The lowest BCUT2D eigenvalue weighted by molar-refractivity contribution is -0.137. The van der Waals surface area contributed by atoms with Gasteiger partial charge in [0, 0.05) is 6.08 Å². The number of rotatable bonds is 5. The zero-order valence-electron chi connectivity index (χ0n) is 9.14. The Bertz CT molecular complexity index is 117. The summed E-state index contributed by atoms with van der Waals surface area (Å²) in [4.78, 5) is 10.3. The molecule has 0 aromatic rings. The van der Waals surface area contributed by atoms with Crippen molar-refractivity contribution in [1.82, 2.24) is 0 Å². The maximum atomic E-state index is 10.3. The molecule has 2 heteroatoms. The molecule has 0 fully saturated rings. The van der Waals surface area contributed by atoms with E-state index in [0.29, 0.717) is 6.61 Å². The number of hydrogen-bond acceptors (Lipinski definition) is 2. The molecule has 0 aliphatic heterocycles. The van der Waals surface area contributed by atoms with Crippen LogP contribution in [0.5, 0.6) is 0 Å². The smallest absolute Gasteiger partial charge is 0.330 e. The molecule has 0 aliphatic carbocycles. The van der Waals surface area contributed by atoms with Crippen molar-refractivity contribution in [3.05, 3.63) is 12.7 Å². The van der Waals surface area contributed by atoms with E-state index in [1.54, 1.807) is 0 Å². The zero-order valence-corrected chi connectivity index (χ0v) is 9.14. The molecule has 0 amide bonds. The molecule has 0 N–H and O–H groups in total. The van der Waals surface area contributed by atoms with Crippen molar-refractivity contribution in [1.29, 1.82) is 0 Å². The van der Waals surface area contributed by atoms with Crippen LogP contribution in [-0.4, -0.2) is 12.6 Å². The molecule has 0 aromatic heterocycles. The molecular weight excluding hydrogens is 164 g/mol. The Labute approximate surface area is 82.0 Å². The Morgan fingerprint density at radius 1 is 1.23 bits per heavy atom. The van der Waals surface area contributed by atoms with Crippen LogP contribution < -0.4 is 0 Å². The molecular formula is C11H22O2. The first-order valence-corrected chi connectivity index (χ1v) is 5.02. The van der Waals surface area contributed by atoms with E-state index in [4.69, 9.17) is 0 Å². The highest BCUT2D eigenvalue weighted by molar-refractivity contribution is 5.81. The minimum Gasteiger partial charge on any atom is -0.463 e. The normalized spacial score (nSPS) is 8.23. The van der Waals surface area contributed by atoms with Gasteiger partial charge in [-0.05, 0) is 6.42 Å². The average Bonchev–Trinajstić information content (AvgIpc) is 2.18. The van der Waals surface area contributed by atoms with Crippen molar-refractivity contribution in [3.8, 4) is 0 Å². The maximum absolute atomic E-state index is 10.3. The van der Waals surface area contributed by atoms with Crippen LogP contribution in [0.1, 0.15) is 46.5 Å². The fourth-order valence-corrected chi connectivity index (χ4v) is 0.376. The molecule has 2 nitrogen and oxygen atoms in total. The van der Waals surface area contributed by atoms with Crippen LogP contribution in [0.25, 0.3) is 0 Å². The molecule has 0 saturated carbocycles. The number of hydrogen-bond donors (Lipinski definition) is 0. The van der Waals surface area contributed by atoms with Crippen molar-refractivity contribution in [2.24, 2.45) is 0 Å². The quantitative estimate of drug-likeness (QED) is 0.374. The molecule has 0 heterocycles. The highest BCUT2D eigenvalue weighted by Crippen LogP contribution is 1.88. The van der Waals surface area contributed by atoms with Gasteiger partial charge in [0.05, 0.1) is 6.61 Å². The van der Waals surface area contributed by atoms with Crippen molar-refractivity contribution in [3.63, 3.8) is 0 Å². The van der Waals surface area contributed by atoms with E-state index < -0.39 is 0 Å². The second-order valence-electron chi connectivity index (χ2n) is 2.73. The standard InChI is InChI=1S/C7H12O2.C4H10/c1-3-5-6-9-7(8)4-2;1-3-4-2/h4H,2-3,5-6H2,1H3;3-4H2,1-2H3. The lowest BCUT2D eigenvalue weighted by Crippen LogP contribution is -2.00. The molecule has 0 atom stereocenters. The molecule has 0 aromatic carbocycles. The lowest BCUT2D eigenvalue weighted by atomic mass is 10.4. The Kier molecular flexibility index (Phi) is 15.6. The fourth-order valence-electron chi connectivity index (χ4n) is 0.376. The molecule has 78 valence electrons. The van der Waals surface area contributed by atoms with E-state index in [1.807, 2.05) is 6.92 Å². The molecule has 0 radical (unpaired) electrons. The zero-order chi connectivity index (χ0) is 10.5. The van der Waals surface area contributed by atoms with Gasteiger partial charge in [0.25, 0.3) is 0 Å². The second-order valence-corrected chi connectivity index (χ2v) is 2.73. The summed E-state index contributed by atoms with van der Waals surface area (Å²) in [5.74, 6) is -0.330. The Morgan fingerprint density at radius 2 is 1.77 bits per heavy atom. The summed E-state index contributed by atoms with van der Waals surface area (Å²) in [5.41, 5.74) is 0. The van der Waals surface area contributed by atoms with E-state index >= 15 is 0 Å². The van der Waals surface area contributed by atoms with Gasteiger partial charge in [0.1, 0.15) is 0 Å². The largest absolute Gasteiger partial charge is 0.463 e. The number of unbranched alkanes of at least 4 members (excludes halogenated alkanes) is 2. The van der Waals surface area contributed by atoms with E-state index in [0.717, 1.165) is 12.8 Å². The second kappa shape index (κ2) is 13.8. The van der Waals surface area contributed by atoms with Gasteiger partial charge in [-0.3, -0.25) is 0 Å². The van der Waals surface area contributed by atoms with Gasteiger partial charge >= 0.3 is 5.97 Å². The molecule has 0 spiro atoms. The van der Waals surface area contributed by atoms with Crippen LogP contribution in [0.4, 0.5) is 0 Å². The average molecular weight is 186 g/mol. The van der Waals surface area contributed by atoms with Crippen LogP contribution in [0, 0.1) is 0 Å². The number of carbonyl (C=O) groups is 1. The lowest BCUT2D eigenvalue weighted by Gasteiger charge is -1.97. The number of ether oxygens (including phenoxy) is 1. The Balaban J connectivity index is 0. The third-order valence-corrected chi connectivity index (χ3v) is 1.41. The van der Waals surface area contributed by atoms with E-state index in [1.165, 1.54) is 18.9 Å². The van der Waals surface area contributed by atoms with E-state index in [9.17, 15) is 4.79 Å². The van der Waals surface area contributed by atoms with Crippen molar-refractivity contribution >= 4 is 5.97 Å². The molecule has 13 heavy (non-hydrogen) atoms. The van der Waals surface area contributed by atoms with Crippen molar-refractivity contribution in [2.45, 2.75) is 46.5 Å². The highest BCUT2D eigenvalue weighted by Gasteiger charge is 1.91. The van der Waals surface area contributed by atoms with Gasteiger partial charge in [-0.1, -0.05) is 46.6 Å². The van der Waals surface area contributed by atoms with Crippen molar-refractivity contribution < 1.29 is 9.53 Å². The predicted octanol–water partition coefficient (Wildman–Crippen LogP) is 3.32. The maximum Gasteiger partial charge on any atom is 0.330 e. The minimum absolute atomic E-state index is 0.330. The highest BCUT2D eigenvalue weighted by atomic mass is 16.5. The Hall–Kier alpha value is -0.790. The molecule has 0 rings (SSSR count). The van der Waals surface area contributed by atoms with Gasteiger partial charge in [0.2, 0.25) is 0 Å². The minimum atomic E-state index is -0.330. The monoisotopic (exact) mass is 186 g/mol. The first-order valence-electron chi connectivity index (χ1n) is 5.02. The van der Waals surface area contributed by atoms with Crippen LogP contribution in [0.15, 0.2) is 12.7 Å².